The van der Waals surface area contributed by atoms with Crippen molar-refractivity contribution in [2.75, 3.05) is 5.43 Å². The van der Waals surface area contributed by atoms with Crippen LogP contribution in [0.15, 0.2) is 18.3 Å². The molecular formula is C15H21N5. The largest absolute Gasteiger partial charge is 0.308 e. The normalized spacial score (nSPS) is 10.9. The Morgan fingerprint density at radius 2 is 2.05 bits per heavy atom. The lowest BCUT2D eigenvalue weighted by Crippen LogP contribution is -2.15. The van der Waals surface area contributed by atoms with Gasteiger partial charge in [0, 0.05) is 17.5 Å². The predicted octanol–water partition coefficient (Wildman–Crippen LogP) is 2.82. The SMILES string of the molecule is CCc1cccnc1-c1nc(C)c(C(C)C)c(NN)n1. The van der Waals surface area contributed by atoms with E-state index in [1.165, 1.54) is 0 Å². The van der Waals surface area contributed by atoms with Gasteiger partial charge in [0.25, 0.3) is 0 Å². The highest BCUT2D eigenvalue weighted by Gasteiger charge is 2.16. The molecule has 0 fully saturated rings. The second kappa shape index (κ2) is 5.96. The summed E-state index contributed by atoms with van der Waals surface area (Å²) >= 11 is 0. The first-order valence-electron chi connectivity index (χ1n) is 6.87. The van der Waals surface area contributed by atoms with Crippen LogP contribution in [0.25, 0.3) is 11.5 Å². The second-order valence-corrected chi connectivity index (χ2v) is 5.06. The summed E-state index contributed by atoms with van der Waals surface area (Å²) in [6.45, 7) is 8.28. The first kappa shape index (κ1) is 14.4. The molecule has 3 N–H and O–H groups in total. The molecule has 0 aromatic carbocycles. The first-order chi connectivity index (χ1) is 9.58. The minimum Gasteiger partial charge on any atom is -0.308 e. The van der Waals surface area contributed by atoms with Crippen LogP contribution in [-0.4, -0.2) is 15.0 Å². The van der Waals surface area contributed by atoms with Crippen molar-refractivity contribution in [1.82, 2.24) is 15.0 Å². The topological polar surface area (TPSA) is 76.7 Å². The van der Waals surface area contributed by atoms with Gasteiger partial charge >= 0.3 is 0 Å². The molecule has 0 atom stereocenters. The van der Waals surface area contributed by atoms with Gasteiger partial charge < -0.3 is 5.43 Å². The molecule has 2 heterocycles. The molecule has 5 heteroatoms. The molecule has 2 aromatic rings. The van der Waals surface area contributed by atoms with E-state index in [2.05, 4.69) is 41.1 Å². The van der Waals surface area contributed by atoms with Crippen molar-refractivity contribution in [2.45, 2.75) is 40.0 Å². The summed E-state index contributed by atoms with van der Waals surface area (Å²) in [5, 5.41) is 0. The van der Waals surface area contributed by atoms with E-state index in [9.17, 15) is 0 Å². The van der Waals surface area contributed by atoms with E-state index in [1.54, 1.807) is 6.20 Å². The number of hydrogen-bond acceptors (Lipinski definition) is 5. The maximum atomic E-state index is 5.61. The van der Waals surface area contributed by atoms with E-state index >= 15 is 0 Å². The van der Waals surface area contributed by atoms with Crippen molar-refractivity contribution < 1.29 is 0 Å². The van der Waals surface area contributed by atoms with E-state index in [0.717, 1.165) is 28.9 Å². The Hall–Kier alpha value is -2.01. The number of nitrogens with zero attached hydrogens (tertiary/aromatic N) is 3. The van der Waals surface area contributed by atoms with Crippen molar-refractivity contribution in [3.8, 4) is 11.5 Å². The van der Waals surface area contributed by atoms with Gasteiger partial charge in [0.15, 0.2) is 5.82 Å². The number of aromatic nitrogens is 3. The van der Waals surface area contributed by atoms with Crippen molar-refractivity contribution in [1.29, 1.82) is 0 Å². The van der Waals surface area contributed by atoms with Gasteiger partial charge in [-0.3, -0.25) is 4.98 Å². The van der Waals surface area contributed by atoms with E-state index in [4.69, 9.17) is 5.84 Å². The molecule has 0 spiro atoms. The molecule has 0 saturated heterocycles. The molecule has 0 bridgehead atoms. The predicted molar refractivity (Wildman–Crippen MR) is 81.3 cm³/mol. The van der Waals surface area contributed by atoms with Gasteiger partial charge in [-0.25, -0.2) is 15.8 Å². The molecule has 5 nitrogen and oxygen atoms in total. The quantitative estimate of drug-likeness (QED) is 0.660. The van der Waals surface area contributed by atoms with Crippen molar-refractivity contribution in [2.24, 2.45) is 5.84 Å². The first-order valence-corrected chi connectivity index (χ1v) is 6.87. The van der Waals surface area contributed by atoms with Crippen LogP contribution in [0.2, 0.25) is 0 Å². The number of anilines is 1. The fraction of sp³-hybridized carbons (Fsp3) is 0.400. The summed E-state index contributed by atoms with van der Waals surface area (Å²) in [4.78, 5) is 13.6. The van der Waals surface area contributed by atoms with Crippen LogP contribution in [0, 0.1) is 6.92 Å². The van der Waals surface area contributed by atoms with Crippen LogP contribution >= 0.6 is 0 Å². The van der Waals surface area contributed by atoms with Crippen molar-refractivity contribution in [3.63, 3.8) is 0 Å². The van der Waals surface area contributed by atoms with E-state index in [1.807, 2.05) is 19.1 Å². The average molecular weight is 271 g/mol. The molecule has 0 radical (unpaired) electrons. The van der Waals surface area contributed by atoms with Gasteiger partial charge in [-0.2, -0.15) is 0 Å². The maximum absolute atomic E-state index is 5.61. The van der Waals surface area contributed by atoms with Crippen LogP contribution in [0.5, 0.6) is 0 Å². The van der Waals surface area contributed by atoms with E-state index in [0.29, 0.717) is 17.6 Å². The Balaban J connectivity index is 2.62. The Labute approximate surface area is 119 Å². The Kier molecular flexibility index (Phi) is 4.29. The minimum atomic E-state index is 0.310. The highest BCUT2D eigenvalue weighted by molar-refractivity contribution is 5.60. The molecule has 0 aliphatic carbocycles. The van der Waals surface area contributed by atoms with Gasteiger partial charge in [0.05, 0.1) is 0 Å². The fourth-order valence-corrected chi connectivity index (χ4v) is 2.41. The monoisotopic (exact) mass is 271 g/mol. The summed E-state index contributed by atoms with van der Waals surface area (Å²) in [7, 11) is 0. The lowest BCUT2D eigenvalue weighted by atomic mass is 10.0. The lowest BCUT2D eigenvalue weighted by Gasteiger charge is -2.15. The smallest absolute Gasteiger partial charge is 0.180 e. The number of nitrogens with two attached hydrogens (primary N) is 1. The molecule has 2 aromatic heterocycles. The van der Waals surface area contributed by atoms with Crippen LogP contribution in [-0.2, 0) is 6.42 Å². The summed E-state index contributed by atoms with van der Waals surface area (Å²) in [5.41, 5.74) is 6.62. The number of hydrogen-bond donors (Lipinski definition) is 2. The van der Waals surface area contributed by atoms with Crippen LogP contribution < -0.4 is 11.3 Å². The van der Waals surface area contributed by atoms with Crippen LogP contribution in [0.1, 0.15) is 43.5 Å². The lowest BCUT2D eigenvalue weighted by molar-refractivity contribution is 0.830. The molecule has 0 saturated carbocycles. The minimum absolute atomic E-state index is 0.310. The Morgan fingerprint density at radius 1 is 1.30 bits per heavy atom. The summed E-state index contributed by atoms with van der Waals surface area (Å²) in [5.74, 6) is 7.22. The fourth-order valence-electron chi connectivity index (χ4n) is 2.41. The molecule has 0 amide bonds. The zero-order valence-electron chi connectivity index (χ0n) is 12.4. The molecular weight excluding hydrogens is 250 g/mol. The van der Waals surface area contributed by atoms with Gasteiger partial charge in [-0.1, -0.05) is 26.8 Å². The van der Waals surface area contributed by atoms with Crippen molar-refractivity contribution >= 4 is 5.82 Å². The third kappa shape index (κ3) is 2.63. The average Bonchev–Trinajstić information content (AvgIpc) is 2.45. The number of nitrogen functional groups attached to an aromatic ring is 1. The van der Waals surface area contributed by atoms with E-state index in [-0.39, 0.29) is 0 Å². The van der Waals surface area contributed by atoms with Gasteiger partial charge in [0.1, 0.15) is 11.5 Å². The third-order valence-corrected chi connectivity index (χ3v) is 3.33. The standard InChI is InChI=1S/C15H21N5/c1-5-11-7-6-8-17-13(11)15-18-10(4)12(9(2)3)14(19-15)20-16/h6-9H,5,16H2,1-4H3,(H,18,19,20). The van der Waals surface area contributed by atoms with Crippen LogP contribution in [0.4, 0.5) is 5.82 Å². The summed E-state index contributed by atoms with van der Waals surface area (Å²) in [6.07, 6.45) is 2.65. The van der Waals surface area contributed by atoms with Gasteiger partial charge in [-0.15, -0.1) is 0 Å². The zero-order chi connectivity index (χ0) is 14.7. The number of rotatable bonds is 4. The number of pyridine rings is 1. The highest BCUT2D eigenvalue weighted by Crippen LogP contribution is 2.28. The second-order valence-electron chi connectivity index (χ2n) is 5.06. The molecule has 2 rings (SSSR count). The molecule has 0 unspecified atom stereocenters. The molecule has 106 valence electrons. The van der Waals surface area contributed by atoms with Gasteiger partial charge in [0.2, 0.25) is 0 Å². The van der Waals surface area contributed by atoms with Crippen molar-refractivity contribution in [3.05, 3.63) is 35.2 Å². The molecule has 20 heavy (non-hydrogen) atoms. The number of aryl methyl sites for hydroxylation is 2. The van der Waals surface area contributed by atoms with Crippen LogP contribution in [0.3, 0.4) is 0 Å². The van der Waals surface area contributed by atoms with Gasteiger partial charge in [-0.05, 0) is 30.9 Å². The Bertz CT molecular complexity index is 607. The zero-order valence-corrected chi connectivity index (χ0v) is 12.4. The Morgan fingerprint density at radius 3 is 2.65 bits per heavy atom. The number of nitrogens with one attached hydrogen (secondary N) is 1. The summed E-state index contributed by atoms with van der Waals surface area (Å²) < 4.78 is 0. The molecule has 0 aliphatic rings. The number of hydrazine groups is 1. The highest BCUT2D eigenvalue weighted by atomic mass is 15.3. The molecule has 0 aliphatic heterocycles. The van der Waals surface area contributed by atoms with E-state index < -0.39 is 0 Å². The third-order valence-electron chi connectivity index (χ3n) is 3.33. The maximum Gasteiger partial charge on any atom is 0.180 e. The summed E-state index contributed by atoms with van der Waals surface area (Å²) in [6, 6.07) is 3.98.